The smallest absolute Gasteiger partial charge is 0.293 e. The summed E-state index contributed by atoms with van der Waals surface area (Å²) in [6, 6.07) is 12.2. The molecule has 5 nitrogen and oxygen atoms in total. The molecule has 0 aromatic heterocycles. The quantitative estimate of drug-likeness (QED) is 0.337. The van der Waals surface area contributed by atoms with Crippen LogP contribution in [0.15, 0.2) is 56.3 Å². The van der Waals surface area contributed by atoms with Gasteiger partial charge in [-0.2, -0.15) is 0 Å². The normalized spacial score (nSPS) is 15.5. The lowest BCUT2D eigenvalue weighted by Gasteiger charge is -2.12. The van der Waals surface area contributed by atoms with Crippen molar-refractivity contribution < 1.29 is 19.1 Å². The first kappa shape index (κ1) is 21.8. The van der Waals surface area contributed by atoms with Crippen LogP contribution in [0.2, 0.25) is 0 Å². The maximum Gasteiger partial charge on any atom is 0.293 e. The van der Waals surface area contributed by atoms with Crippen molar-refractivity contribution in [1.82, 2.24) is 4.90 Å². The van der Waals surface area contributed by atoms with E-state index in [1.807, 2.05) is 26.0 Å². The van der Waals surface area contributed by atoms with Crippen molar-refractivity contribution in [2.24, 2.45) is 0 Å². The Kier molecular flexibility index (Phi) is 6.97. The lowest BCUT2D eigenvalue weighted by atomic mass is 10.1. The minimum atomic E-state index is -0.468. The zero-order valence-corrected chi connectivity index (χ0v) is 19.6. The summed E-state index contributed by atoms with van der Waals surface area (Å²) in [5.41, 5.74) is 1.19. The average Bonchev–Trinajstić information content (AvgIpc) is 2.91. The van der Waals surface area contributed by atoms with Gasteiger partial charge in [0.2, 0.25) is 0 Å². The maximum atomic E-state index is 12.7. The summed E-state index contributed by atoms with van der Waals surface area (Å²) in [6.07, 6.45) is 1.68. The van der Waals surface area contributed by atoms with Gasteiger partial charge >= 0.3 is 0 Å². The third kappa shape index (κ3) is 5.38. The van der Waals surface area contributed by atoms with Gasteiger partial charge in [0.25, 0.3) is 11.1 Å². The van der Waals surface area contributed by atoms with Gasteiger partial charge in [-0.25, -0.2) is 0 Å². The van der Waals surface area contributed by atoms with Crippen LogP contribution in [0.1, 0.15) is 29.8 Å². The van der Waals surface area contributed by atoms with E-state index in [1.54, 1.807) is 36.4 Å². The first-order chi connectivity index (χ1) is 13.7. The Morgan fingerprint density at radius 1 is 1.14 bits per heavy atom. The van der Waals surface area contributed by atoms with Gasteiger partial charge in [0, 0.05) is 10.0 Å². The van der Waals surface area contributed by atoms with E-state index in [4.69, 9.17) is 4.74 Å². The van der Waals surface area contributed by atoms with Crippen molar-refractivity contribution in [3.63, 3.8) is 0 Å². The van der Waals surface area contributed by atoms with Crippen molar-refractivity contribution in [1.29, 1.82) is 0 Å². The zero-order chi connectivity index (χ0) is 21.1. The fraction of sp³-hybridized carbons (Fsp3) is 0.190. The fourth-order valence-electron chi connectivity index (χ4n) is 2.61. The van der Waals surface area contributed by atoms with E-state index >= 15 is 0 Å². The van der Waals surface area contributed by atoms with Crippen LogP contribution >= 0.6 is 43.6 Å². The molecule has 2 amide bonds. The molecule has 3 rings (SSSR count). The number of amides is 2. The molecule has 1 aliphatic rings. The van der Waals surface area contributed by atoms with Crippen LogP contribution in [0.3, 0.4) is 0 Å². The molecule has 0 saturated carbocycles. The number of Topliss-reactive ketones (excluding diaryl/α,β-unsaturated/α-hetero) is 1. The number of imide groups is 1. The lowest BCUT2D eigenvalue weighted by Crippen LogP contribution is -2.33. The molecule has 0 bridgehead atoms. The van der Waals surface area contributed by atoms with Gasteiger partial charge in [0.1, 0.15) is 5.75 Å². The minimum Gasteiger partial charge on any atom is -0.490 e. The first-order valence-electron chi connectivity index (χ1n) is 8.75. The van der Waals surface area contributed by atoms with Crippen molar-refractivity contribution in [2.75, 3.05) is 6.54 Å². The van der Waals surface area contributed by atoms with Crippen LogP contribution in [-0.2, 0) is 4.79 Å². The van der Waals surface area contributed by atoms with Crippen molar-refractivity contribution in [3.05, 3.63) is 67.4 Å². The highest BCUT2D eigenvalue weighted by Crippen LogP contribution is 2.34. The summed E-state index contributed by atoms with van der Waals surface area (Å²) >= 11 is 7.60. The number of hydrogen-bond donors (Lipinski definition) is 0. The van der Waals surface area contributed by atoms with Crippen LogP contribution in [0.25, 0.3) is 6.08 Å². The van der Waals surface area contributed by atoms with Gasteiger partial charge in [-0.3, -0.25) is 19.3 Å². The fourth-order valence-corrected chi connectivity index (χ4v) is 4.21. The predicted molar refractivity (Wildman–Crippen MR) is 121 cm³/mol. The van der Waals surface area contributed by atoms with E-state index in [-0.39, 0.29) is 23.3 Å². The molecule has 150 valence electrons. The Labute approximate surface area is 189 Å². The van der Waals surface area contributed by atoms with Crippen LogP contribution in [0.4, 0.5) is 4.79 Å². The summed E-state index contributed by atoms with van der Waals surface area (Å²) in [5.74, 6) is -0.0616. The van der Waals surface area contributed by atoms with Crippen LogP contribution in [0.5, 0.6) is 5.75 Å². The third-order valence-electron chi connectivity index (χ3n) is 3.96. The highest BCUT2D eigenvalue weighted by atomic mass is 79.9. The molecule has 1 fully saturated rings. The van der Waals surface area contributed by atoms with Crippen LogP contribution in [-0.4, -0.2) is 34.5 Å². The number of hydrogen-bond acceptors (Lipinski definition) is 5. The molecule has 1 saturated heterocycles. The zero-order valence-electron chi connectivity index (χ0n) is 15.6. The van der Waals surface area contributed by atoms with Crippen molar-refractivity contribution in [2.45, 2.75) is 20.0 Å². The Hall–Kier alpha value is -1.90. The highest BCUT2D eigenvalue weighted by Gasteiger charge is 2.36. The first-order valence-corrected chi connectivity index (χ1v) is 11.1. The number of carbonyl (C=O) groups excluding carboxylic acids is 3. The largest absolute Gasteiger partial charge is 0.490 e. The van der Waals surface area contributed by atoms with Gasteiger partial charge in [-0.1, -0.05) is 34.1 Å². The Bertz CT molecular complexity index is 1000. The lowest BCUT2D eigenvalue weighted by molar-refractivity contribution is -0.122. The van der Waals surface area contributed by atoms with E-state index < -0.39 is 11.1 Å². The second kappa shape index (κ2) is 9.28. The van der Waals surface area contributed by atoms with E-state index in [1.165, 1.54) is 0 Å². The van der Waals surface area contributed by atoms with E-state index in [0.29, 0.717) is 11.3 Å². The molecule has 2 aromatic rings. The number of rotatable bonds is 6. The van der Waals surface area contributed by atoms with Gasteiger partial charge in [0.15, 0.2) is 5.78 Å². The third-order valence-corrected chi connectivity index (χ3v) is 6.01. The molecule has 1 aliphatic heterocycles. The van der Waals surface area contributed by atoms with Gasteiger partial charge in [-0.15, -0.1) is 0 Å². The molecule has 0 aliphatic carbocycles. The minimum absolute atomic E-state index is 0.0388. The second-order valence-electron chi connectivity index (χ2n) is 6.55. The second-order valence-corrected chi connectivity index (χ2v) is 9.32. The van der Waals surface area contributed by atoms with E-state index in [0.717, 1.165) is 31.2 Å². The van der Waals surface area contributed by atoms with Crippen molar-refractivity contribution >= 4 is 66.6 Å². The summed E-state index contributed by atoms with van der Waals surface area (Å²) < 4.78 is 7.28. The van der Waals surface area contributed by atoms with Crippen LogP contribution in [0, 0.1) is 0 Å². The standard InChI is InChI=1S/C21H17Br2NO4S/c1-12(2)28-18-8-3-13(9-16(18)23)10-19-20(26)24(21(27)29-19)11-17(25)14-4-6-15(22)7-5-14/h3-10,12H,11H2,1-2H3/b19-10-. The number of halogens is 2. The number of benzene rings is 2. The molecule has 8 heteroatoms. The van der Waals surface area contributed by atoms with Gasteiger partial charge in [-0.05, 0) is 77.4 Å². The number of ketones is 1. The molecule has 0 spiro atoms. The summed E-state index contributed by atoms with van der Waals surface area (Å²) in [4.78, 5) is 38.6. The molecule has 0 atom stereocenters. The van der Waals surface area contributed by atoms with Crippen molar-refractivity contribution in [3.8, 4) is 5.75 Å². The Balaban J connectivity index is 1.75. The number of ether oxygens (including phenoxy) is 1. The molecule has 1 heterocycles. The van der Waals surface area contributed by atoms with E-state index in [9.17, 15) is 14.4 Å². The summed E-state index contributed by atoms with van der Waals surface area (Å²) in [6.45, 7) is 3.59. The molecule has 0 radical (unpaired) electrons. The van der Waals surface area contributed by atoms with Gasteiger partial charge < -0.3 is 4.74 Å². The molecular formula is C21H17Br2NO4S. The monoisotopic (exact) mass is 537 g/mol. The number of carbonyl (C=O) groups is 3. The molecular weight excluding hydrogens is 522 g/mol. The van der Waals surface area contributed by atoms with Gasteiger partial charge in [0.05, 0.1) is 22.0 Å². The topological polar surface area (TPSA) is 63.7 Å². The molecule has 0 unspecified atom stereocenters. The average molecular weight is 539 g/mol. The molecule has 29 heavy (non-hydrogen) atoms. The predicted octanol–water partition coefficient (Wildman–Crippen LogP) is 5.92. The summed E-state index contributed by atoms with van der Waals surface area (Å²) in [5, 5.41) is -0.453. The maximum absolute atomic E-state index is 12.7. The molecule has 2 aromatic carbocycles. The van der Waals surface area contributed by atoms with E-state index in [2.05, 4.69) is 31.9 Å². The summed E-state index contributed by atoms with van der Waals surface area (Å²) in [7, 11) is 0. The Morgan fingerprint density at radius 2 is 1.83 bits per heavy atom. The molecule has 0 N–H and O–H groups in total. The van der Waals surface area contributed by atoms with Crippen LogP contribution < -0.4 is 4.74 Å². The highest BCUT2D eigenvalue weighted by molar-refractivity contribution is 9.10. The Morgan fingerprint density at radius 3 is 2.45 bits per heavy atom. The number of thioether (sulfide) groups is 1. The SMILES string of the molecule is CC(C)Oc1ccc(/C=C2\SC(=O)N(CC(=O)c3ccc(Br)cc3)C2=O)cc1Br. The number of nitrogens with zero attached hydrogens (tertiary/aromatic N) is 1.